The minimum absolute atomic E-state index is 0.102. The van der Waals surface area contributed by atoms with Crippen molar-refractivity contribution >= 4 is 5.97 Å². The van der Waals surface area contributed by atoms with Gasteiger partial charge in [0.1, 0.15) is 0 Å². The van der Waals surface area contributed by atoms with Gasteiger partial charge in [-0.25, -0.2) is 0 Å². The molecule has 3 aliphatic rings. The van der Waals surface area contributed by atoms with Gasteiger partial charge in [0.15, 0.2) is 0 Å². The quantitative estimate of drug-likeness (QED) is 0.807. The molecule has 96 valence electrons. The second kappa shape index (κ2) is 4.58. The summed E-state index contributed by atoms with van der Waals surface area (Å²) in [5.74, 6) is 1.04. The monoisotopic (exact) mass is 239 g/mol. The van der Waals surface area contributed by atoms with E-state index in [1.807, 2.05) is 0 Å². The van der Waals surface area contributed by atoms with Gasteiger partial charge in [-0.05, 0) is 31.1 Å². The van der Waals surface area contributed by atoms with Gasteiger partial charge >= 0.3 is 5.97 Å². The van der Waals surface area contributed by atoms with Crippen LogP contribution in [0.3, 0.4) is 0 Å². The second-order valence-corrected chi connectivity index (χ2v) is 5.81. The van der Waals surface area contributed by atoms with Crippen LogP contribution in [0.15, 0.2) is 0 Å². The first-order valence-corrected chi connectivity index (χ1v) is 6.79. The highest BCUT2D eigenvalue weighted by atomic mass is 16.5. The van der Waals surface area contributed by atoms with E-state index < -0.39 is 5.97 Å². The zero-order valence-corrected chi connectivity index (χ0v) is 10.2. The zero-order chi connectivity index (χ0) is 11.8. The Bertz CT molecular complexity index is 307. The number of carbonyl (C=O) groups is 1. The van der Waals surface area contributed by atoms with Gasteiger partial charge in [-0.1, -0.05) is 6.42 Å². The number of nitrogens with zero attached hydrogens (tertiary/aromatic N) is 1. The van der Waals surface area contributed by atoms with Gasteiger partial charge in [0.25, 0.3) is 0 Å². The van der Waals surface area contributed by atoms with Crippen LogP contribution < -0.4 is 0 Å². The summed E-state index contributed by atoms with van der Waals surface area (Å²) < 4.78 is 5.45. The first kappa shape index (κ1) is 11.5. The van der Waals surface area contributed by atoms with Crippen LogP contribution in [0.1, 0.15) is 32.1 Å². The molecule has 4 nitrogen and oxygen atoms in total. The number of rotatable bonds is 3. The highest BCUT2D eigenvalue weighted by Crippen LogP contribution is 2.47. The minimum atomic E-state index is -0.700. The van der Waals surface area contributed by atoms with Crippen LogP contribution in [0.5, 0.6) is 0 Å². The van der Waals surface area contributed by atoms with Crippen molar-refractivity contribution in [2.75, 3.05) is 19.8 Å². The molecule has 4 atom stereocenters. The van der Waals surface area contributed by atoms with Gasteiger partial charge in [-0.3, -0.25) is 9.69 Å². The lowest BCUT2D eigenvalue weighted by Crippen LogP contribution is -2.53. The largest absolute Gasteiger partial charge is 0.481 e. The van der Waals surface area contributed by atoms with Crippen LogP contribution in [0.2, 0.25) is 0 Å². The average molecular weight is 239 g/mol. The van der Waals surface area contributed by atoms with Crippen molar-refractivity contribution in [1.82, 2.24) is 4.90 Å². The van der Waals surface area contributed by atoms with Crippen LogP contribution in [0.25, 0.3) is 0 Å². The molecular formula is C13H21NO3. The molecule has 4 heteroatoms. The highest BCUT2D eigenvalue weighted by molar-refractivity contribution is 5.67. The Kier molecular flexibility index (Phi) is 3.09. The number of ether oxygens (including phenoxy) is 1. The van der Waals surface area contributed by atoms with Gasteiger partial charge in [0.2, 0.25) is 0 Å². The van der Waals surface area contributed by atoms with Crippen LogP contribution in [0, 0.1) is 11.8 Å². The Morgan fingerprint density at radius 2 is 2.24 bits per heavy atom. The summed E-state index contributed by atoms with van der Waals surface area (Å²) in [4.78, 5) is 13.4. The number of hydrogen-bond donors (Lipinski definition) is 1. The van der Waals surface area contributed by atoms with Crippen LogP contribution in [0.4, 0.5) is 0 Å². The molecule has 1 N–H and O–H groups in total. The Morgan fingerprint density at radius 1 is 1.35 bits per heavy atom. The molecular weight excluding hydrogens is 218 g/mol. The van der Waals surface area contributed by atoms with Crippen molar-refractivity contribution in [1.29, 1.82) is 0 Å². The molecule has 0 amide bonds. The Balaban J connectivity index is 1.68. The van der Waals surface area contributed by atoms with Crippen molar-refractivity contribution in [2.24, 2.45) is 11.8 Å². The molecule has 0 spiro atoms. The molecule has 4 unspecified atom stereocenters. The summed E-state index contributed by atoms with van der Waals surface area (Å²) in [5.41, 5.74) is 0. The van der Waals surface area contributed by atoms with E-state index in [0.29, 0.717) is 12.6 Å². The molecule has 1 aliphatic heterocycles. The molecule has 2 saturated carbocycles. The van der Waals surface area contributed by atoms with E-state index in [1.165, 1.54) is 25.7 Å². The van der Waals surface area contributed by atoms with Crippen molar-refractivity contribution in [2.45, 2.75) is 44.2 Å². The molecule has 0 aromatic heterocycles. The van der Waals surface area contributed by atoms with Crippen molar-refractivity contribution in [3.05, 3.63) is 0 Å². The molecule has 2 bridgehead atoms. The summed E-state index contributed by atoms with van der Waals surface area (Å²) in [6.07, 6.45) is 5.65. The SMILES string of the molecule is O=C(O)CC1COCCN1C1CC2CCC1C2. The predicted molar refractivity (Wildman–Crippen MR) is 62.8 cm³/mol. The maximum absolute atomic E-state index is 10.9. The Hall–Kier alpha value is -0.610. The van der Waals surface area contributed by atoms with E-state index in [9.17, 15) is 4.79 Å². The topological polar surface area (TPSA) is 49.8 Å². The van der Waals surface area contributed by atoms with Gasteiger partial charge < -0.3 is 9.84 Å². The zero-order valence-electron chi connectivity index (χ0n) is 10.2. The molecule has 1 heterocycles. The molecule has 0 aromatic carbocycles. The summed E-state index contributed by atoms with van der Waals surface area (Å²) in [5, 5.41) is 8.98. The van der Waals surface area contributed by atoms with E-state index in [4.69, 9.17) is 9.84 Å². The Labute approximate surface area is 102 Å². The second-order valence-electron chi connectivity index (χ2n) is 5.81. The summed E-state index contributed by atoms with van der Waals surface area (Å²) in [7, 11) is 0. The molecule has 1 saturated heterocycles. The van der Waals surface area contributed by atoms with Crippen LogP contribution in [-0.2, 0) is 9.53 Å². The van der Waals surface area contributed by atoms with Crippen LogP contribution in [-0.4, -0.2) is 47.8 Å². The van der Waals surface area contributed by atoms with Crippen molar-refractivity contribution in [3.63, 3.8) is 0 Å². The molecule has 2 aliphatic carbocycles. The van der Waals surface area contributed by atoms with Crippen LogP contribution >= 0.6 is 0 Å². The van der Waals surface area contributed by atoms with Gasteiger partial charge in [0, 0.05) is 18.6 Å². The van der Waals surface area contributed by atoms with Gasteiger partial charge in [0.05, 0.1) is 19.6 Å². The van der Waals surface area contributed by atoms with E-state index in [2.05, 4.69) is 4.90 Å². The van der Waals surface area contributed by atoms with E-state index in [-0.39, 0.29) is 12.5 Å². The number of morpholine rings is 1. The number of carboxylic acids is 1. The number of hydrogen-bond acceptors (Lipinski definition) is 3. The number of fused-ring (bicyclic) bond motifs is 2. The van der Waals surface area contributed by atoms with Crippen molar-refractivity contribution < 1.29 is 14.6 Å². The maximum Gasteiger partial charge on any atom is 0.305 e. The van der Waals surface area contributed by atoms with Crippen molar-refractivity contribution in [3.8, 4) is 0 Å². The third-order valence-corrected chi connectivity index (χ3v) is 4.81. The lowest BCUT2D eigenvalue weighted by Gasteiger charge is -2.42. The molecule has 0 radical (unpaired) electrons. The molecule has 3 fully saturated rings. The molecule has 0 aromatic rings. The highest BCUT2D eigenvalue weighted by Gasteiger charge is 2.44. The first-order valence-electron chi connectivity index (χ1n) is 6.79. The standard InChI is InChI=1S/C13H21NO3/c15-13(16)7-11-8-17-4-3-14(11)12-6-9-1-2-10(12)5-9/h9-12H,1-8H2,(H,15,16). The predicted octanol–water partition coefficient (Wildman–Crippen LogP) is 1.35. The fourth-order valence-corrected chi connectivity index (χ4v) is 4.10. The summed E-state index contributed by atoms with van der Waals surface area (Å²) in [6.45, 7) is 2.29. The molecule has 17 heavy (non-hydrogen) atoms. The minimum Gasteiger partial charge on any atom is -0.481 e. The van der Waals surface area contributed by atoms with Gasteiger partial charge in [-0.15, -0.1) is 0 Å². The molecule has 3 rings (SSSR count). The average Bonchev–Trinajstić information content (AvgIpc) is 2.90. The van der Waals surface area contributed by atoms with E-state index >= 15 is 0 Å². The lowest BCUT2D eigenvalue weighted by molar-refractivity contribution is -0.141. The fraction of sp³-hybridized carbons (Fsp3) is 0.923. The Morgan fingerprint density at radius 3 is 2.88 bits per heavy atom. The third kappa shape index (κ3) is 2.20. The lowest BCUT2D eigenvalue weighted by atomic mass is 9.92. The number of aliphatic carboxylic acids is 1. The third-order valence-electron chi connectivity index (χ3n) is 4.81. The normalized spacial score (nSPS) is 41.9. The maximum atomic E-state index is 10.9. The number of carboxylic acid groups (broad SMARTS) is 1. The van der Waals surface area contributed by atoms with E-state index in [0.717, 1.165) is 25.0 Å². The smallest absolute Gasteiger partial charge is 0.305 e. The summed E-state index contributed by atoms with van der Waals surface area (Å²) >= 11 is 0. The fourth-order valence-electron chi connectivity index (χ4n) is 4.10. The van der Waals surface area contributed by atoms with E-state index in [1.54, 1.807) is 0 Å². The van der Waals surface area contributed by atoms with Gasteiger partial charge in [-0.2, -0.15) is 0 Å². The summed E-state index contributed by atoms with van der Waals surface area (Å²) in [6, 6.07) is 0.743. The first-order chi connectivity index (χ1) is 8.24.